The Labute approximate surface area is 88.4 Å². The van der Waals surface area contributed by atoms with Gasteiger partial charge in [0.2, 0.25) is 0 Å². The van der Waals surface area contributed by atoms with E-state index in [1.54, 1.807) is 0 Å². The van der Waals surface area contributed by atoms with E-state index in [0.29, 0.717) is 0 Å². The molecular formula is H12AlAsFFeMgN. The van der Waals surface area contributed by atoms with E-state index in [1.807, 2.05) is 0 Å². The van der Waals surface area contributed by atoms with Crippen LogP contribution < -0.4 is 6.15 Å². The van der Waals surface area contributed by atoms with Gasteiger partial charge in [-0.15, -0.1) is 0 Å². The van der Waals surface area contributed by atoms with Crippen molar-refractivity contribution in [2.75, 3.05) is 0 Å². The zero-order valence-corrected chi connectivity index (χ0v) is 8.37. The van der Waals surface area contributed by atoms with E-state index >= 15 is 0 Å². The van der Waals surface area contributed by atoms with Crippen LogP contribution in [-0.4, -0.2) is 58.4 Å². The van der Waals surface area contributed by atoms with Crippen molar-refractivity contribution in [1.29, 1.82) is 0 Å². The van der Waals surface area contributed by atoms with Crippen molar-refractivity contribution in [3.63, 3.8) is 0 Å². The first-order valence-corrected chi connectivity index (χ1v) is 0. The molecule has 0 aliphatic rings. The quantitative estimate of drug-likeness (QED) is 0.468. The van der Waals surface area contributed by atoms with Crippen molar-refractivity contribution in [3.05, 3.63) is 0 Å². The molecule has 0 saturated carbocycles. The first-order valence-electron chi connectivity index (χ1n) is 0. The Balaban J connectivity index is 0. The van der Waals surface area contributed by atoms with Gasteiger partial charge >= 0.3 is 41.0 Å². The van der Waals surface area contributed by atoms with Gasteiger partial charge in [-0.1, -0.05) is 0 Å². The first-order chi connectivity index (χ1) is 0. The molecule has 0 heterocycles. The Kier molecular flexibility index (Phi) is 787. The van der Waals surface area contributed by atoms with Crippen LogP contribution in [0.5, 0.6) is 0 Å². The number of hydrogen-bond donors (Lipinski definition) is 1. The summed E-state index contributed by atoms with van der Waals surface area (Å²) < 4.78 is 0. The van der Waals surface area contributed by atoms with Crippen LogP contribution in [0.3, 0.4) is 0 Å². The third kappa shape index (κ3) is 33.8. The molecule has 0 fully saturated rings. The predicted molar refractivity (Wildman–Crippen MR) is 35.4 cm³/mol. The van der Waals surface area contributed by atoms with Gasteiger partial charge < -0.3 is 9.00 Å². The third-order valence-electron chi connectivity index (χ3n) is 0. The second-order valence-corrected chi connectivity index (χ2v) is 0. The molecule has 0 amide bonds. The molecule has 3 N–H and O–H groups in total. The summed E-state index contributed by atoms with van der Waals surface area (Å²) in [7, 11) is 0. The maximum Gasteiger partial charge on any atom is 2.00 e. The Morgan fingerprint density at radius 1 is 1.17 bits per heavy atom. The molecule has 0 aliphatic heterocycles. The van der Waals surface area contributed by atoms with Gasteiger partial charge in [-0.05, 0) is 0 Å². The summed E-state index contributed by atoms with van der Waals surface area (Å²) in [4.78, 5) is 0. The van der Waals surface area contributed by atoms with E-state index in [-0.39, 0.29) is 89.1 Å². The van der Waals surface area contributed by atoms with E-state index < -0.39 is 0 Å². The molecule has 0 radical (unpaired) electrons. The molecule has 0 aromatic rings. The molecule has 1 unspecified atom stereocenters. The molecule has 42 valence electrons. The minimum Gasteiger partial charge on any atom is -1.00 e. The van der Waals surface area contributed by atoms with Crippen molar-refractivity contribution in [2.24, 2.45) is 0 Å². The van der Waals surface area contributed by atoms with Gasteiger partial charge in [0.25, 0.3) is 0 Å². The van der Waals surface area contributed by atoms with Gasteiger partial charge in [0.15, 0.2) is 17.4 Å². The van der Waals surface area contributed by atoms with E-state index in [9.17, 15) is 0 Å². The van der Waals surface area contributed by atoms with E-state index in [2.05, 4.69) is 0 Å². The van der Waals surface area contributed by atoms with Gasteiger partial charge in [0.1, 0.15) is 0 Å². The van der Waals surface area contributed by atoms with Gasteiger partial charge in [0.05, 0.1) is 0 Å². The summed E-state index contributed by atoms with van der Waals surface area (Å²) >= 11 is 0. The second kappa shape index (κ2) is 55.5. The fraction of sp³-hybridized carbons (Fsp3) is 0. The smallest absolute Gasteiger partial charge is 1.00 e. The Hall–Kier alpha value is 2.27. The summed E-state index contributed by atoms with van der Waals surface area (Å²) in [6.45, 7) is 0. The molecule has 1 nitrogen and oxygen atoms in total. The third-order valence-corrected chi connectivity index (χ3v) is 0. The predicted octanol–water partition coefficient (Wildman–Crippen LogP) is -2.21. The summed E-state index contributed by atoms with van der Waals surface area (Å²) in [5, 5.41) is 0. The minimum absolute atomic E-state index is 0. The molecule has 1 atom stereocenters. The van der Waals surface area contributed by atoms with Gasteiger partial charge in [0, 0.05) is 17.1 Å². The van der Waals surface area contributed by atoms with E-state index in [1.165, 1.54) is 0 Å². The average molecular weight is 227 g/mol. The largest absolute Gasteiger partial charge is 2.00 e. The van der Waals surface area contributed by atoms with Crippen LogP contribution in [-0.2, 0) is 17.1 Å². The average Bonchev–Trinajstić information content (AvgIpc) is 0. The van der Waals surface area contributed by atoms with Crippen molar-refractivity contribution < 1.29 is 24.6 Å². The van der Waals surface area contributed by atoms with Crippen molar-refractivity contribution >= 4 is 58.4 Å². The Morgan fingerprint density at radius 2 is 1.17 bits per heavy atom. The monoisotopic (exact) mass is 227 g/mol. The molecule has 6 heteroatoms. The first kappa shape index (κ1) is 85.0. The van der Waals surface area contributed by atoms with Gasteiger partial charge in [-0.25, -0.2) is 0 Å². The molecule has 0 bridgehead atoms. The maximum atomic E-state index is 0. The molecule has 0 saturated heterocycles. The molecule has 0 spiro atoms. The van der Waals surface area contributed by atoms with Gasteiger partial charge in [-0.2, -0.15) is 0 Å². The van der Waals surface area contributed by atoms with Crippen LogP contribution >= 0.6 is 0 Å². The molecule has 0 aromatic carbocycles. The van der Waals surface area contributed by atoms with Crippen LogP contribution in [0.1, 0.15) is 2.85 Å². The van der Waals surface area contributed by atoms with Crippen LogP contribution in [0.15, 0.2) is 0 Å². The molecular weight excluding hydrogens is 215 g/mol. The Bertz CT molecular complexity index is 22.0. The topological polar surface area (TPSA) is 35.0 Å². The number of rotatable bonds is 0. The second-order valence-electron chi connectivity index (χ2n) is 0. The van der Waals surface area contributed by atoms with Crippen molar-refractivity contribution in [3.8, 4) is 0 Å². The van der Waals surface area contributed by atoms with Crippen molar-refractivity contribution in [1.82, 2.24) is 6.15 Å². The van der Waals surface area contributed by atoms with Crippen LogP contribution in [0.4, 0.5) is 4.70 Å². The standard InChI is InChI=1S/Al.AsH3.FH.Fe.Mg.H3N.5H/h;1H3;1H;;;1H3;;;;;/q;;;;+2;;;;;2*-1. The fourth-order valence-electron chi connectivity index (χ4n) is 0. The van der Waals surface area contributed by atoms with Crippen LogP contribution in [0, 0.1) is 0 Å². The number of hydrogen-bond acceptors (Lipinski definition) is 1. The summed E-state index contributed by atoms with van der Waals surface area (Å²) in [6, 6.07) is 0. The van der Waals surface area contributed by atoms with Gasteiger partial charge in [-0.3, -0.25) is 4.70 Å². The van der Waals surface area contributed by atoms with Crippen LogP contribution in [0.25, 0.3) is 0 Å². The van der Waals surface area contributed by atoms with E-state index in [0.717, 1.165) is 0 Å². The SMILES string of the molecule is F.N.[AlH3].[AsH3].[Fe].[H-].[H-].[Mg+2]. The minimum atomic E-state index is 0. The molecule has 0 rings (SSSR count). The zero-order chi connectivity index (χ0) is 0. The van der Waals surface area contributed by atoms with E-state index in [4.69, 9.17) is 0 Å². The molecule has 0 aliphatic carbocycles. The normalized spacial score (nSPS) is 0. The maximum absolute atomic E-state index is 0. The summed E-state index contributed by atoms with van der Waals surface area (Å²) in [6.07, 6.45) is 0. The molecule has 6 heavy (non-hydrogen) atoms. The van der Waals surface area contributed by atoms with Crippen molar-refractivity contribution in [2.45, 2.75) is 0 Å². The zero-order valence-electron chi connectivity index (χ0n) is 4.88. The molecule has 0 aromatic heterocycles. The summed E-state index contributed by atoms with van der Waals surface area (Å²) in [5.41, 5.74) is 0. The fourth-order valence-corrected chi connectivity index (χ4v) is 0. The number of halogens is 1. The van der Waals surface area contributed by atoms with Crippen LogP contribution in [0.2, 0.25) is 0 Å². The summed E-state index contributed by atoms with van der Waals surface area (Å²) in [5.74, 6) is 0. The Morgan fingerprint density at radius 3 is 1.17 bits per heavy atom.